The monoisotopic (exact) mass is 249 g/mol. The van der Waals surface area contributed by atoms with Crippen molar-refractivity contribution in [3.63, 3.8) is 0 Å². The Labute approximate surface area is 99.6 Å². The predicted octanol–water partition coefficient (Wildman–Crippen LogP) is 4.00. The zero-order chi connectivity index (χ0) is 11.3. The molecule has 0 aliphatic heterocycles. The molecule has 0 saturated heterocycles. The fraction of sp³-hybridized carbons (Fsp3) is 0.455. The number of nitrogens with one attached hydrogen (secondary N) is 1. The van der Waals surface area contributed by atoms with E-state index in [-0.39, 0.29) is 12.7 Å². The number of rotatable bonds is 5. The summed E-state index contributed by atoms with van der Waals surface area (Å²) in [6.45, 7) is 2.35. The first-order chi connectivity index (χ1) is 7.15. The molecule has 0 amide bonds. The minimum atomic E-state index is -0.298. The molecule has 1 unspecified atom stereocenters. The van der Waals surface area contributed by atoms with E-state index in [0.717, 1.165) is 5.56 Å². The molecule has 0 spiro atoms. The number of benzene rings is 1. The summed E-state index contributed by atoms with van der Waals surface area (Å²) in [7, 11) is 0. The van der Waals surface area contributed by atoms with Crippen molar-refractivity contribution in [1.82, 2.24) is 5.32 Å². The van der Waals surface area contributed by atoms with E-state index in [9.17, 15) is 4.39 Å². The number of hydrogen-bond donors (Lipinski definition) is 1. The molecule has 0 aromatic heterocycles. The predicted molar refractivity (Wildman–Crippen MR) is 63.5 cm³/mol. The summed E-state index contributed by atoms with van der Waals surface area (Å²) in [4.78, 5) is 0. The molecule has 0 fully saturated rings. The normalized spacial score (nSPS) is 12.8. The fourth-order valence-corrected chi connectivity index (χ4v) is 1.92. The molecule has 0 bridgehead atoms. The Bertz CT molecular complexity index is 317. The minimum Gasteiger partial charge on any atom is -0.310 e. The van der Waals surface area contributed by atoms with E-state index in [1.54, 1.807) is 12.1 Å². The van der Waals surface area contributed by atoms with Crippen molar-refractivity contribution in [3.05, 3.63) is 33.8 Å². The van der Waals surface area contributed by atoms with E-state index < -0.39 is 0 Å². The van der Waals surface area contributed by atoms with Crippen LogP contribution < -0.4 is 5.32 Å². The van der Waals surface area contributed by atoms with Crippen LogP contribution in [0, 0.1) is 0 Å². The van der Waals surface area contributed by atoms with Gasteiger partial charge >= 0.3 is 0 Å². The lowest BCUT2D eigenvalue weighted by Crippen LogP contribution is -2.20. The molecule has 1 atom stereocenters. The standard InChI is InChI=1S/C11H14Cl2FN/c1-8(15-6-2-5-14)10-4-3-9(12)7-11(10)13/h3-4,7-8,15H,2,5-6H2,1H3. The summed E-state index contributed by atoms with van der Waals surface area (Å²) in [6, 6.07) is 5.51. The molecule has 1 aromatic carbocycles. The molecule has 1 aromatic rings. The Morgan fingerprint density at radius 1 is 1.40 bits per heavy atom. The Hall–Kier alpha value is -0.310. The van der Waals surface area contributed by atoms with Crippen LogP contribution in [0.4, 0.5) is 4.39 Å². The van der Waals surface area contributed by atoms with Gasteiger partial charge in [0.25, 0.3) is 0 Å². The molecule has 0 heterocycles. The van der Waals surface area contributed by atoms with Crippen molar-refractivity contribution in [2.75, 3.05) is 13.2 Å². The minimum absolute atomic E-state index is 0.112. The summed E-state index contributed by atoms with van der Waals surface area (Å²) in [5.74, 6) is 0. The highest BCUT2D eigenvalue weighted by atomic mass is 35.5. The first kappa shape index (κ1) is 12.8. The van der Waals surface area contributed by atoms with Crippen LogP contribution in [0.1, 0.15) is 24.9 Å². The molecular formula is C11H14Cl2FN. The number of alkyl halides is 1. The SMILES string of the molecule is CC(NCCCF)c1ccc(Cl)cc1Cl. The summed E-state index contributed by atoms with van der Waals surface area (Å²) in [6.07, 6.45) is 0.523. The van der Waals surface area contributed by atoms with E-state index in [1.807, 2.05) is 13.0 Å². The highest BCUT2D eigenvalue weighted by Gasteiger charge is 2.08. The van der Waals surface area contributed by atoms with Crippen molar-refractivity contribution in [2.24, 2.45) is 0 Å². The summed E-state index contributed by atoms with van der Waals surface area (Å²) in [5, 5.41) is 4.46. The van der Waals surface area contributed by atoms with Gasteiger partial charge in [-0.05, 0) is 37.6 Å². The second-order valence-corrected chi connectivity index (χ2v) is 4.23. The fourth-order valence-electron chi connectivity index (χ4n) is 1.35. The lowest BCUT2D eigenvalue weighted by Gasteiger charge is -2.15. The van der Waals surface area contributed by atoms with Crippen molar-refractivity contribution in [2.45, 2.75) is 19.4 Å². The van der Waals surface area contributed by atoms with Crippen LogP contribution in [0.5, 0.6) is 0 Å². The van der Waals surface area contributed by atoms with Crippen LogP contribution in [-0.4, -0.2) is 13.2 Å². The van der Waals surface area contributed by atoms with E-state index in [1.165, 1.54) is 0 Å². The van der Waals surface area contributed by atoms with Gasteiger partial charge < -0.3 is 5.32 Å². The summed E-state index contributed by atoms with van der Waals surface area (Å²) < 4.78 is 11.9. The molecule has 15 heavy (non-hydrogen) atoms. The smallest absolute Gasteiger partial charge is 0.0906 e. The van der Waals surface area contributed by atoms with Gasteiger partial charge in [-0.25, -0.2) is 0 Å². The first-order valence-electron chi connectivity index (χ1n) is 4.89. The van der Waals surface area contributed by atoms with Crippen LogP contribution in [-0.2, 0) is 0 Å². The molecule has 0 aliphatic rings. The number of hydrogen-bond acceptors (Lipinski definition) is 1. The number of halogens is 3. The zero-order valence-electron chi connectivity index (χ0n) is 8.56. The first-order valence-corrected chi connectivity index (χ1v) is 5.65. The molecule has 1 nitrogen and oxygen atoms in total. The highest BCUT2D eigenvalue weighted by Crippen LogP contribution is 2.25. The third-order valence-corrected chi connectivity index (χ3v) is 2.75. The molecule has 84 valence electrons. The molecule has 4 heteroatoms. The van der Waals surface area contributed by atoms with Crippen molar-refractivity contribution in [1.29, 1.82) is 0 Å². The molecule has 0 radical (unpaired) electrons. The van der Waals surface area contributed by atoms with Gasteiger partial charge in [0.15, 0.2) is 0 Å². The molecule has 0 aliphatic carbocycles. The Kier molecular flexibility index (Phi) is 5.37. The lowest BCUT2D eigenvalue weighted by atomic mass is 10.1. The van der Waals surface area contributed by atoms with E-state index in [4.69, 9.17) is 23.2 Å². The second-order valence-electron chi connectivity index (χ2n) is 3.38. The summed E-state index contributed by atoms with van der Waals surface area (Å²) >= 11 is 11.8. The quantitative estimate of drug-likeness (QED) is 0.778. The third-order valence-electron chi connectivity index (χ3n) is 2.19. The molecule has 0 saturated carbocycles. The summed E-state index contributed by atoms with van der Waals surface area (Å²) in [5.41, 5.74) is 0.986. The van der Waals surface area contributed by atoms with Gasteiger partial charge in [0.1, 0.15) is 0 Å². The zero-order valence-corrected chi connectivity index (χ0v) is 10.1. The van der Waals surface area contributed by atoms with Gasteiger partial charge in [-0.15, -0.1) is 0 Å². The van der Waals surface area contributed by atoms with Gasteiger partial charge in [0, 0.05) is 16.1 Å². The van der Waals surface area contributed by atoms with Gasteiger partial charge in [-0.1, -0.05) is 29.3 Å². The Morgan fingerprint density at radius 3 is 2.73 bits per heavy atom. The second kappa shape index (κ2) is 6.31. The molecular weight excluding hydrogens is 236 g/mol. The molecule has 1 rings (SSSR count). The van der Waals surface area contributed by atoms with Gasteiger partial charge in [-0.2, -0.15) is 0 Å². The van der Waals surface area contributed by atoms with Crippen molar-refractivity contribution >= 4 is 23.2 Å². The van der Waals surface area contributed by atoms with Crippen LogP contribution >= 0.6 is 23.2 Å². The van der Waals surface area contributed by atoms with E-state index >= 15 is 0 Å². The topological polar surface area (TPSA) is 12.0 Å². The third kappa shape index (κ3) is 3.98. The van der Waals surface area contributed by atoms with Crippen molar-refractivity contribution < 1.29 is 4.39 Å². The lowest BCUT2D eigenvalue weighted by molar-refractivity contribution is 0.446. The van der Waals surface area contributed by atoms with Crippen LogP contribution in [0.15, 0.2) is 18.2 Å². The highest BCUT2D eigenvalue weighted by molar-refractivity contribution is 6.35. The maximum absolute atomic E-state index is 11.9. The maximum atomic E-state index is 11.9. The average molecular weight is 250 g/mol. The van der Waals surface area contributed by atoms with Gasteiger partial charge in [0.2, 0.25) is 0 Å². The van der Waals surface area contributed by atoms with Crippen LogP contribution in [0.2, 0.25) is 10.0 Å². The molecule has 1 N–H and O–H groups in total. The largest absolute Gasteiger partial charge is 0.310 e. The van der Waals surface area contributed by atoms with Gasteiger partial charge in [-0.3, -0.25) is 4.39 Å². The van der Waals surface area contributed by atoms with Crippen LogP contribution in [0.25, 0.3) is 0 Å². The van der Waals surface area contributed by atoms with Crippen LogP contribution in [0.3, 0.4) is 0 Å². The van der Waals surface area contributed by atoms with E-state index in [0.29, 0.717) is 23.0 Å². The van der Waals surface area contributed by atoms with Gasteiger partial charge in [0.05, 0.1) is 6.67 Å². The van der Waals surface area contributed by atoms with Crippen molar-refractivity contribution in [3.8, 4) is 0 Å². The van der Waals surface area contributed by atoms with E-state index in [2.05, 4.69) is 5.32 Å². The Balaban J connectivity index is 2.61. The maximum Gasteiger partial charge on any atom is 0.0906 e. The Morgan fingerprint density at radius 2 is 2.13 bits per heavy atom. The average Bonchev–Trinajstić information content (AvgIpc) is 2.17.